The second-order valence-electron chi connectivity index (χ2n) is 4.93. The van der Waals surface area contributed by atoms with Gasteiger partial charge in [0.1, 0.15) is 0 Å². The molecule has 0 radical (unpaired) electrons. The van der Waals surface area contributed by atoms with Gasteiger partial charge >= 0.3 is 0 Å². The molecule has 4 heteroatoms. The van der Waals surface area contributed by atoms with Crippen LogP contribution in [0.2, 0.25) is 0 Å². The fraction of sp³-hybridized carbons (Fsp3) is 0.353. The van der Waals surface area contributed by atoms with E-state index in [1.54, 1.807) is 12.3 Å². The Hall–Kier alpha value is -1.94. The molecule has 0 fully saturated rings. The molecule has 1 N–H and O–H groups in total. The molecule has 1 unspecified atom stereocenters. The van der Waals surface area contributed by atoms with E-state index >= 15 is 0 Å². The summed E-state index contributed by atoms with van der Waals surface area (Å²) in [7, 11) is 1.47. The quantitative estimate of drug-likeness (QED) is 0.846. The first kappa shape index (κ1) is 15.4. The number of benzene rings is 1. The molecule has 3 nitrogen and oxygen atoms in total. The molecule has 0 spiro atoms. The van der Waals surface area contributed by atoms with E-state index in [-0.39, 0.29) is 17.6 Å². The van der Waals surface area contributed by atoms with E-state index < -0.39 is 0 Å². The molecule has 1 aromatic carbocycles. The summed E-state index contributed by atoms with van der Waals surface area (Å²) < 4.78 is 18.9. The van der Waals surface area contributed by atoms with Crippen molar-refractivity contribution < 1.29 is 9.13 Å². The zero-order chi connectivity index (χ0) is 15.1. The molecule has 0 saturated heterocycles. The van der Waals surface area contributed by atoms with Crippen molar-refractivity contribution in [2.75, 3.05) is 13.7 Å². The van der Waals surface area contributed by atoms with Gasteiger partial charge in [0.15, 0.2) is 11.6 Å². The molecular weight excluding hydrogens is 267 g/mol. The highest BCUT2D eigenvalue weighted by atomic mass is 19.1. The van der Waals surface area contributed by atoms with Gasteiger partial charge in [0, 0.05) is 24.4 Å². The number of nitrogens with one attached hydrogen (secondary N) is 1. The van der Waals surface area contributed by atoms with Crippen molar-refractivity contribution in [2.45, 2.75) is 25.8 Å². The van der Waals surface area contributed by atoms with Gasteiger partial charge in [-0.1, -0.05) is 19.1 Å². The van der Waals surface area contributed by atoms with Gasteiger partial charge < -0.3 is 10.1 Å². The van der Waals surface area contributed by atoms with Crippen LogP contribution in [0.25, 0.3) is 0 Å². The fourth-order valence-electron chi connectivity index (χ4n) is 2.25. The summed E-state index contributed by atoms with van der Waals surface area (Å²) in [5, 5.41) is 3.45. The Bertz CT molecular complexity index is 560. The zero-order valence-corrected chi connectivity index (χ0v) is 12.5. The van der Waals surface area contributed by atoms with Crippen LogP contribution >= 0.6 is 0 Å². The normalized spacial score (nSPS) is 12.1. The van der Waals surface area contributed by atoms with Crippen molar-refractivity contribution in [2.24, 2.45) is 0 Å². The van der Waals surface area contributed by atoms with Gasteiger partial charge in [0.25, 0.3) is 0 Å². The number of ether oxygens (including phenoxy) is 1. The minimum absolute atomic E-state index is 0.0419. The summed E-state index contributed by atoms with van der Waals surface area (Å²) in [6.45, 7) is 2.99. The number of halogens is 1. The Kier molecular flexibility index (Phi) is 5.69. The summed E-state index contributed by atoms with van der Waals surface area (Å²) in [6.07, 6.45) is 3.53. The van der Waals surface area contributed by atoms with Gasteiger partial charge in [0.05, 0.1) is 7.11 Å². The van der Waals surface area contributed by atoms with E-state index in [0.717, 1.165) is 30.6 Å². The van der Waals surface area contributed by atoms with Crippen molar-refractivity contribution in [1.29, 1.82) is 0 Å². The van der Waals surface area contributed by atoms with Gasteiger partial charge in [-0.2, -0.15) is 0 Å². The minimum Gasteiger partial charge on any atom is -0.494 e. The van der Waals surface area contributed by atoms with Gasteiger partial charge in [-0.05, 0) is 42.8 Å². The maximum atomic E-state index is 13.9. The molecule has 2 aromatic rings. The van der Waals surface area contributed by atoms with E-state index in [9.17, 15) is 4.39 Å². The van der Waals surface area contributed by atoms with Crippen LogP contribution in [0.5, 0.6) is 5.75 Å². The van der Waals surface area contributed by atoms with Crippen molar-refractivity contribution in [3.63, 3.8) is 0 Å². The van der Waals surface area contributed by atoms with E-state index in [4.69, 9.17) is 4.74 Å². The topological polar surface area (TPSA) is 34.2 Å². The van der Waals surface area contributed by atoms with Crippen LogP contribution in [-0.2, 0) is 6.42 Å². The van der Waals surface area contributed by atoms with Crippen molar-refractivity contribution in [3.8, 4) is 5.75 Å². The minimum atomic E-state index is -0.334. The third-order valence-corrected chi connectivity index (χ3v) is 3.36. The Balaban J connectivity index is 2.20. The maximum Gasteiger partial charge on any atom is 0.165 e. The first-order valence-electron chi connectivity index (χ1n) is 7.21. The first-order valence-corrected chi connectivity index (χ1v) is 7.21. The SMILES string of the molecule is CCCNC(Cc1ccccn1)c1ccc(OC)c(F)c1. The van der Waals surface area contributed by atoms with Crippen LogP contribution in [0.15, 0.2) is 42.6 Å². The van der Waals surface area contributed by atoms with Gasteiger partial charge in [-0.25, -0.2) is 4.39 Å². The van der Waals surface area contributed by atoms with E-state index in [1.165, 1.54) is 13.2 Å². The number of aromatic nitrogens is 1. The Morgan fingerprint density at radius 1 is 1.29 bits per heavy atom. The Labute approximate surface area is 125 Å². The summed E-state index contributed by atoms with van der Waals surface area (Å²) in [5.74, 6) is -0.0647. The molecule has 0 saturated carbocycles. The first-order chi connectivity index (χ1) is 10.2. The molecule has 2 rings (SSSR count). The van der Waals surface area contributed by atoms with Gasteiger partial charge in [-0.15, -0.1) is 0 Å². The number of hydrogen-bond acceptors (Lipinski definition) is 3. The molecule has 21 heavy (non-hydrogen) atoms. The molecule has 0 aliphatic rings. The number of methoxy groups -OCH3 is 1. The molecule has 0 aliphatic carbocycles. The lowest BCUT2D eigenvalue weighted by Gasteiger charge is -2.19. The summed E-state index contributed by atoms with van der Waals surface area (Å²) in [6, 6.07) is 11.0. The smallest absolute Gasteiger partial charge is 0.165 e. The largest absolute Gasteiger partial charge is 0.494 e. The molecule has 1 heterocycles. The average Bonchev–Trinajstić information content (AvgIpc) is 2.52. The zero-order valence-electron chi connectivity index (χ0n) is 12.5. The number of rotatable bonds is 7. The fourth-order valence-corrected chi connectivity index (χ4v) is 2.25. The highest BCUT2D eigenvalue weighted by molar-refractivity contribution is 5.31. The van der Waals surface area contributed by atoms with Crippen LogP contribution < -0.4 is 10.1 Å². The van der Waals surface area contributed by atoms with Crippen LogP contribution in [-0.4, -0.2) is 18.6 Å². The Morgan fingerprint density at radius 2 is 2.14 bits per heavy atom. The molecular formula is C17H21FN2O. The summed E-state index contributed by atoms with van der Waals surface area (Å²) >= 11 is 0. The van der Waals surface area contributed by atoms with Crippen LogP contribution in [0.3, 0.4) is 0 Å². The lowest BCUT2D eigenvalue weighted by molar-refractivity contribution is 0.385. The monoisotopic (exact) mass is 288 g/mol. The molecule has 0 bridgehead atoms. The van der Waals surface area contributed by atoms with Crippen LogP contribution in [0, 0.1) is 5.82 Å². The van der Waals surface area contributed by atoms with Crippen LogP contribution in [0.1, 0.15) is 30.6 Å². The standard InChI is InChI=1S/C17H21FN2O/c1-3-9-20-16(12-14-6-4-5-10-19-14)13-7-8-17(21-2)15(18)11-13/h4-8,10-11,16,20H,3,9,12H2,1-2H3. The van der Waals surface area contributed by atoms with Crippen molar-refractivity contribution in [3.05, 3.63) is 59.7 Å². The van der Waals surface area contributed by atoms with Gasteiger partial charge in [-0.3, -0.25) is 4.98 Å². The molecule has 1 aromatic heterocycles. The third-order valence-electron chi connectivity index (χ3n) is 3.36. The second-order valence-corrected chi connectivity index (χ2v) is 4.93. The van der Waals surface area contributed by atoms with Crippen LogP contribution in [0.4, 0.5) is 4.39 Å². The molecule has 1 atom stereocenters. The lowest BCUT2D eigenvalue weighted by Crippen LogP contribution is -2.24. The lowest BCUT2D eigenvalue weighted by atomic mass is 10.0. The number of hydrogen-bond donors (Lipinski definition) is 1. The summed E-state index contributed by atoms with van der Waals surface area (Å²) in [4.78, 5) is 4.35. The second kappa shape index (κ2) is 7.74. The highest BCUT2D eigenvalue weighted by Gasteiger charge is 2.14. The highest BCUT2D eigenvalue weighted by Crippen LogP contribution is 2.24. The average molecular weight is 288 g/mol. The molecule has 112 valence electrons. The van der Waals surface area contributed by atoms with E-state index in [0.29, 0.717) is 0 Å². The molecule has 0 aliphatic heterocycles. The van der Waals surface area contributed by atoms with Crippen molar-refractivity contribution in [1.82, 2.24) is 10.3 Å². The van der Waals surface area contributed by atoms with Crippen molar-refractivity contribution >= 4 is 0 Å². The predicted molar refractivity (Wildman–Crippen MR) is 81.9 cm³/mol. The molecule has 0 amide bonds. The number of nitrogens with zero attached hydrogens (tertiary/aromatic N) is 1. The van der Waals surface area contributed by atoms with Gasteiger partial charge in [0.2, 0.25) is 0 Å². The summed E-state index contributed by atoms with van der Waals surface area (Å²) in [5.41, 5.74) is 1.90. The third kappa shape index (κ3) is 4.26. The Morgan fingerprint density at radius 3 is 2.76 bits per heavy atom. The van der Waals surface area contributed by atoms with E-state index in [2.05, 4.69) is 17.2 Å². The number of pyridine rings is 1. The van der Waals surface area contributed by atoms with E-state index in [1.807, 2.05) is 24.3 Å². The maximum absolute atomic E-state index is 13.9. The predicted octanol–water partition coefficient (Wildman–Crippen LogP) is 3.51.